The maximum absolute atomic E-state index is 5.47. The van der Waals surface area contributed by atoms with E-state index in [2.05, 4.69) is 192 Å². The molecule has 0 aliphatic carbocycles. The summed E-state index contributed by atoms with van der Waals surface area (Å²) in [6, 6.07) is 37.6. The highest BCUT2D eigenvalue weighted by atomic mass is 15.0. The van der Waals surface area contributed by atoms with Gasteiger partial charge in [-0.05, 0) is 177 Å². The number of rotatable bonds is 4. The smallest absolute Gasteiger partial charge is 0.0737 e. The van der Waals surface area contributed by atoms with E-state index < -0.39 is 0 Å². The molecular weight excluding hydrogens is 681 g/mol. The zero-order valence-electron chi connectivity index (χ0n) is 33.5. The number of aromatic amines is 1. The van der Waals surface area contributed by atoms with Gasteiger partial charge in [0.15, 0.2) is 0 Å². The largest absolute Gasteiger partial charge is 0.355 e. The molecular formula is C52H46N4. The second kappa shape index (κ2) is 13.6. The van der Waals surface area contributed by atoms with Gasteiger partial charge >= 0.3 is 0 Å². The van der Waals surface area contributed by atoms with Crippen LogP contribution in [0.2, 0.25) is 0 Å². The van der Waals surface area contributed by atoms with Crippen LogP contribution in [0.15, 0.2) is 103 Å². The summed E-state index contributed by atoms with van der Waals surface area (Å²) < 4.78 is 2.53. The Kier molecular flexibility index (Phi) is 8.58. The Morgan fingerprint density at radius 2 is 0.893 bits per heavy atom. The molecule has 0 amide bonds. The van der Waals surface area contributed by atoms with Crippen molar-refractivity contribution in [2.75, 3.05) is 0 Å². The van der Waals surface area contributed by atoms with Crippen LogP contribution in [-0.4, -0.2) is 19.5 Å². The van der Waals surface area contributed by atoms with Crippen molar-refractivity contribution in [2.24, 2.45) is 0 Å². The van der Waals surface area contributed by atoms with Crippen molar-refractivity contribution in [1.29, 1.82) is 0 Å². The van der Waals surface area contributed by atoms with E-state index in [0.717, 1.165) is 61.7 Å². The Hall–Kier alpha value is -6.52. The molecule has 1 N–H and O–H groups in total. The quantitative estimate of drug-likeness (QED) is 0.196. The Morgan fingerprint density at radius 1 is 0.429 bits per heavy atom. The van der Waals surface area contributed by atoms with Crippen LogP contribution in [0.1, 0.15) is 67.3 Å². The molecule has 274 valence electrons. The van der Waals surface area contributed by atoms with Gasteiger partial charge in [0.1, 0.15) is 0 Å². The van der Waals surface area contributed by atoms with Gasteiger partial charge in [0.2, 0.25) is 0 Å². The molecule has 4 heteroatoms. The van der Waals surface area contributed by atoms with E-state index in [4.69, 9.17) is 9.97 Å². The third-order valence-electron chi connectivity index (χ3n) is 12.1. The molecule has 0 fully saturated rings. The van der Waals surface area contributed by atoms with Crippen LogP contribution in [0.25, 0.3) is 85.4 Å². The summed E-state index contributed by atoms with van der Waals surface area (Å²) in [5.74, 6) is 0. The predicted octanol–water partition coefficient (Wildman–Crippen LogP) is 13.6. The Labute approximate surface area is 329 Å². The number of hydrogen-bond donors (Lipinski definition) is 1. The van der Waals surface area contributed by atoms with Gasteiger partial charge in [-0.15, -0.1) is 0 Å². The zero-order valence-corrected chi connectivity index (χ0v) is 33.5. The minimum atomic E-state index is 0.900. The highest BCUT2D eigenvalue weighted by Crippen LogP contribution is 2.50. The monoisotopic (exact) mass is 726 g/mol. The molecule has 2 aliphatic rings. The van der Waals surface area contributed by atoms with Crippen molar-refractivity contribution in [2.45, 2.75) is 55.4 Å². The molecule has 2 aliphatic heterocycles. The first-order valence-electron chi connectivity index (χ1n) is 19.5. The number of nitrogens with zero attached hydrogens (tertiary/aromatic N) is 3. The van der Waals surface area contributed by atoms with Crippen molar-refractivity contribution in [1.82, 2.24) is 19.5 Å². The summed E-state index contributed by atoms with van der Waals surface area (Å²) in [5, 5.41) is 0. The van der Waals surface area contributed by atoms with E-state index in [0.29, 0.717) is 0 Å². The molecule has 9 rings (SSSR count). The van der Waals surface area contributed by atoms with Crippen LogP contribution >= 0.6 is 0 Å². The van der Waals surface area contributed by atoms with Gasteiger partial charge in [-0.3, -0.25) is 0 Å². The number of aromatic nitrogens is 4. The number of nitrogens with one attached hydrogen (secondary N) is 1. The lowest BCUT2D eigenvalue weighted by Gasteiger charge is -2.18. The minimum absolute atomic E-state index is 0.900. The lowest BCUT2D eigenvalue weighted by molar-refractivity contribution is 1.13. The molecule has 56 heavy (non-hydrogen) atoms. The molecule has 0 radical (unpaired) electrons. The fourth-order valence-corrected chi connectivity index (χ4v) is 8.39. The molecule has 4 nitrogen and oxygen atoms in total. The van der Waals surface area contributed by atoms with Crippen LogP contribution < -0.4 is 0 Å². The average Bonchev–Trinajstić information content (AvgIpc) is 3.99. The van der Waals surface area contributed by atoms with E-state index in [1.165, 1.54) is 66.8 Å². The number of fused-ring (bicyclic) bond motifs is 8. The van der Waals surface area contributed by atoms with Crippen molar-refractivity contribution in [3.05, 3.63) is 170 Å². The first-order valence-corrected chi connectivity index (χ1v) is 19.5. The normalized spacial score (nSPS) is 12.1. The molecule has 0 spiro atoms. The van der Waals surface area contributed by atoms with Crippen LogP contribution in [0.3, 0.4) is 0 Å². The predicted molar refractivity (Wildman–Crippen MR) is 238 cm³/mol. The van der Waals surface area contributed by atoms with E-state index in [1.807, 2.05) is 0 Å². The standard InChI is InChI=1S/C52H46N4/c1-30-13-9-17-43(34(30)5)49-46-26-25-41(55-46)28-40-22-21-38(53-40)27-39-23-24-42(54-39)29-48-50(44-18-10-14-31(2)35(44)6)51(45-19-11-15-32(3)36(45)7)52(49)56(48)47-20-12-16-33(4)37(47)8/h9-29,53H,1-8H3. The van der Waals surface area contributed by atoms with Crippen LogP contribution in [0.5, 0.6) is 0 Å². The molecule has 0 saturated carbocycles. The maximum Gasteiger partial charge on any atom is 0.0737 e. The topological polar surface area (TPSA) is 46.5 Å². The van der Waals surface area contributed by atoms with E-state index >= 15 is 0 Å². The van der Waals surface area contributed by atoms with Crippen molar-refractivity contribution >= 4 is 46.4 Å². The summed E-state index contributed by atoms with van der Waals surface area (Å²) >= 11 is 0. The third-order valence-corrected chi connectivity index (χ3v) is 12.1. The zero-order chi connectivity index (χ0) is 38.8. The third kappa shape index (κ3) is 5.84. The van der Waals surface area contributed by atoms with Gasteiger partial charge < -0.3 is 9.55 Å². The van der Waals surface area contributed by atoms with E-state index in [-0.39, 0.29) is 0 Å². The van der Waals surface area contributed by atoms with Crippen LogP contribution in [0.4, 0.5) is 0 Å². The van der Waals surface area contributed by atoms with Gasteiger partial charge in [-0.25, -0.2) is 9.97 Å². The molecule has 5 heterocycles. The average molecular weight is 727 g/mol. The first-order chi connectivity index (χ1) is 27.1. The molecule has 3 aromatic heterocycles. The summed E-state index contributed by atoms with van der Waals surface area (Å²) in [6.45, 7) is 17.9. The van der Waals surface area contributed by atoms with E-state index in [1.54, 1.807) is 0 Å². The van der Waals surface area contributed by atoms with Gasteiger partial charge in [0, 0.05) is 33.4 Å². The number of hydrogen-bond acceptors (Lipinski definition) is 2. The summed E-state index contributed by atoms with van der Waals surface area (Å²) in [5.41, 5.74) is 25.9. The van der Waals surface area contributed by atoms with Gasteiger partial charge in [0.05, 0.1) is 33.8 Å². The fourth-order valence-electron chi connectivity index (χ4n) is 8.39. The van der Waals surface area contributed by atoms with Gasteiger partial charge in [0.25, 0.3) is 0 Å². The lowest BCUT2D eigenvalue weighted by Crippen LogP contribution is -2.02. The van der Waals surface area contributed by atoms with Gasteiger partial charge in [-0.1, -0.05) is 66.7 Å². The molecule has 0 saturated heterocycles. The molecule has 0 unspecified atom stereocenters. The second-order valence-corrected chi connectivity index (χ2v) is 15.5. The van der Waals surface area contributed by atoms with Crippen LogP contribution in [-0.2, 0) is 0 Å². The minimum Gasteiger partial charge on any atom is -0.355 e. The molecule has 7 aromatic rings. The Morgan fingerprint density at radius 3 is 1.48 bits per heavy atom. The van der Waals surface area contributed by atoms with Gasteiger partial charge in [-0.2, -0.15) is 0 Å². The number of aryl methyl sites for hydroxylation is 4. The van der Waals surface area contributed by atoms with Crippen LogP contribution in [0, 0.1) is 55.4 Å². The second-order valence-electron chi connectivity index (χ2n) is 15.5. The first kappa shape index (κ1) is 35.2. The number of benzene rings is 4. The SMILES string of the molecule is Cc1cccc(-c2c(-c3cccc(C)c3C)c3c(-c4cccc(C)c4C)c4nc(cc5ccc(cc6nc(cc2n3-c2cccc(C)c2C)C=C6)[nH]5)C=C4)c1C. The molecule has 0 atom stereocenters. The molecule has 4 aromatic carbocycles. The maximum atomic E-state index is 5.47. The van der Waals surface area contributed by atoms with Crippen molar-refractivity contribution < 1.29 is 0 Å². The summed E-state index contributed by atoms with van der Waals surface area (Å²) in [4.78, 5) is 14.3. The lowest BCUT2D eigenvalue weighted by atomic mass is 9.87. The Bertz CT molecular complexity index is 3000. The van der Waals surface area contributed by atoms with E-state index in [9.17, 15) is 0 Å². The summed E-state index contributed by atoms with van der Waals surface area (Å²) in [7, 11) is 0. The highest BCUT2D eigenvalue weighted by molar-refractivity contribution is 6.12. The van der Waals surface area contributed by atoms with Crippen molar-refractivity contribution in [3.63, 3.8) is 0 Å². The fraction of sp³-hybridized carbons (Fsp3) is 0.154. The number of H-pyrrole nitrogens is 1. The Balaban J connectivity index is 1.69. The van der Waals surface area contributed by atoms with Crippen molar-refractivity contribution in [3.8, 4) is 39.1 Å². The molecule has 8 bridgehead atoms. The summed E-state index contributed by atoms with van der Waals surface area (Å²) in [6.07, 6.45) is 8.61. The highest BCUT2D eigenvalue weighted by Gasteiger charge is 2.28.